The number of thioether (sulfide) groups is 1. The van der Waals surface area contributed by atoms with Crippen molar-refractivity contribution < 1.29 is 14.3 Å². The molecule has 3 heterocycles. The maximum atomic E-state index is 12.5. The number of methoxy groups -OCH3 is 1. The highest BCUT2D eigenvalue weighted by molar-refractivity contribution is 7.99. The van der Waals surface area contributed by atoms with Crippen LogP contribution in [-0.2, 0) is 9.53 Å². The van der Waals surface area contributed by atoms with E-state index in [2.05, 4.69) is 15.5 Å². The van der Waals surface area contributed by atoms with Gasteiger partial charge in [-0.2, -0.15) is 0 Å². The Kier molecular flexibility index (Phi) is 5.09. The molecule has 1 aromatic carbocycles. The van der Waals surface area contributed by atoms with Crippen LogP contribution in [0, 0.1) is 13.8 Å². The normalized spacial score (nSPS) is 11.2. The molecule has 0 atom stereocenters. The van der Waals surface area contributed by atoms with Gasteiger partial charge in [0.05, 0.1) is 28.6 Å². The molecule has 0 bridgehead atoms. The van der Waals surface area contributed by atoms with Gasteiger partial charge in [0, 0.05) is 4.88 Å². The first-order valence-corrected chi connectivity index (χ1v) is 10.9. The number of carbonyl (C=O) groups is 2. The van der Waals surface area contributed by atoms with Crippen LogP contribution in [0.4, 0.5) is 5.00 Å². The first-order valence-electron chi connectivity index (χ1n) is 8.33. The summed E-state index contributed by atoms with van der Waals surface area (Å²) in [5.74, 6) is -0.511. The predicted octanol–water partition coefficient (Wildman–Crippen LogP) is 4.14. The molecule has 0 unspecified atom stereocenters. The number of anilines is 1. The van der Waals surface area contributed by atoms with Crippen molar-refractivity contribution >= 4 is 66.5 Å². The Morgan fingerprint density at radius 2 is 2.00 bits per heavy atom. The van der Waals surface area contributed by atoms with Crippen molar-refractivity contribution in [2.45, 2.75) is 19.0 Å². The molecule has 3 aromatic heterocycles. The Bertz CT molecular complexity index is 1210. The third-order valence-corrected chi connectivity index (χ3v) is 7.33. The second kappa shape index (κ2) is 7.53. The molecule has 28 heavy (non-hydrogen) atoms. The second-order valence-electron chi connectivity index (χ2n) is 5.99. The summed E-state index contributed by atoms with van der Waals surface area (Å²) in [7, 11) is 1.33. The van der Waals surface area contributed by atoms with E-state index in [-0.39, 0.29) is 11.7 Å². The van der Waals surface area contributed by atoms with Crippen LogP contribution >= 0.6 is 34.4 Å². The third-order valence-electron chi connectivity index (χ3n) is 4.27. The maximum Gasteiger partial charge on any atom is 0.341 e. The topological polar surface area (TPSA) is 85.6 Å². The summed E-state index contributed by atoms with van der Waals surface area (Å²) >= 11 is 4.23. The summed E-state index contributed by atoms with van der Waals surface area (Å²) in [5, 5.41) is 12.4. The van der Waals surface area contributed by atoms with Gasteiger partial charge in [0.25, 0.3) is 0 Å². The van der Waals surface area contributed by atoms with Gasteiger partial charge >= 0.3 is 5.97 Å². The first-order chi connectivity index (χ1) is 13.5. The molecule has 0 aliphatic carbocycles. The van der Waals surface area contributed by atoms with E-state index in [1.165, 1.54) is 30.2 Å². The number of benzene rings is 1. The SMILES string of the molecule is COC(=O)c1c(NC(=O)CSc2nnc3sc4ccccc4n23)sc(C)c1C. The number of para-hydroxylation sites is 1. The molecule has 144 valence electrons. The number of aromatic nitrogens is 3. The minimum Gasteiger partial charge on any atom is -0.465 e. The van der Waals surface area contributed by atoms with Gasteiger partial charge in [-0.05, 0) is 31.5 Å². The van der Waals surface area contributed by atoms with E-state index < -0.39 is 5.97 Å². The Morgan fingerprint density at radius 3 is 2.79 bits per heavy atom. The second-order valence-corrected chi connectivity index (χ2v) is 9.16. The highest BCUT2D eigenvalue weighted by Gasteiger charge is 2.22. The Balaban J connectivity index is 1.52. The summed E-state index contributed by atoms with van der Waals surface area (Å²) in [6.07, 6.45) is 0. The zero-order chi connectivity index (χ0) is 19.8. The lowest BCUT2D eigenvalue weighted by Crippen LogP contribution is -2.16. The number of hydrogen-bond acceptors (Lipinski definition) is 8. The van der Waals surface area contributed by atoms with Crippen LogP contribution in [-0.4, -0.2) is 39.3 Å². The highest BCUT2D eigenvalue weighted by atomic mass is 32.2. The number of hydrogen-bond donors (Lipinski definition) is 1. The number of nitrogens with zero attached hydrogens (tertiary/aromatic N) is 3. The maximum absolute atomic E-state index is 12.5. The summed E-state index contributed by atoms with van der Waals surface area (Å²) in [5.41, 5.74) is 2.26. The summed E-state index contributed by atoms with van der Waals surface area (Å²) in [6.45, 7) is 3.75. The first kappa shape index (κ1) is 18.9. The molecule has 0 aliphatic heterocycles. The number of amides is 1. The van der Waals surface area contributed by atoms with E-state index in [9.17, 15) is 9.59 Å². The van der Waals surface area contributed by atoms with Crippen molar-refractivity contribution in [3.63, 3.8) is 0 Å². The minimum atomic E-state index is -0.450. The Morgan fingerprint density at radius 1 is 1.21 bits per heavy atom. The molecule has 0 saturated heterocycles. The average molecular weight is 433 g/mol. The lowest BCUT2D eigenvalue weighted by molar-refractivity contribution is -0.113. The standard InChI is InChI=1S/C18H16N4O3S3/c1-9-10(2)27-15(14(9)16(24)25-3)19-13(23)8-26-17-20-21-18-22(17)11-6-4-5-7-12(11)28-18/h4-7H,8H2,1-3H3,(H,19,23). The van der Waals surface area contributed by atoms with Crippen molar-refractivity contribution in [3.8, 4) is 0 Å². The average Bonchev–Trinajstić information content (AvgIpc) is 3.32. The van der Waals surface area contributed by atoms with E-state index in [1.54, 1.807) is 11.3 Å². The molecule has 7 nitrogen and oxygen atoms in total. The quantitative estimate of drug-likeness (QED) is 0.377. The summed E-state index contributed by atoms with van der Waals surface area (Å²) < 4.78 is 7.91. The van der Waals surface area contributed by atoms with Gasteiger partial charge in [0.2, 0.25) is 10.9 Å². The van der Waals surface area contributed by atoms with Gasteiger partial charge in [-0.25, -0.2) is 4.79 Å². The minimum absolute atomic E-state index is 0.154. The van der Waals surface area contributed by atoms with Crippen LogP contribution < -0.4 is 5.32 Å². The molecular formula is C18H16N4O3S3. The van der Waals surface area contributed by atoms with Crippen molar-refractivity contribution in [2.75, 3.05) is 18.2 Å². The molecule has 0 aliphatic rings. The van der Waals surface area contributed by atoms with Crippen molar-refractivity contribution in [3.05, 3.63) is 40.3 Å². The Labute approximate surface area is 172 Å². The molecule has 4 rings (SSSR count). The fraction of sp³-hybridized carbons (Fsp3) is 0.222. The van der Waals surface area contributed by atoms with Gasteiger partial charge in [-0.15, -0.1) is 21.5 Å². The van der Waals surface area contributed by atoms with Crippen LogP contribution in [0.1, 0.15) is 20.8 Å². The van der Waals surface area contributed by atoms with Crippen molar-refractivity contribution in [2.24, 2.45) is 0 Å². The lowest BCUT2D eigenvalue weighted by atomic mass is 10.1. The molecule has 10 heteroatoms. The van der Waals surface area contributed by atoms with E-state index in [4.69, 9.17) is 4.74 Å². The molecule has 0 saturated carbocycles. The van der Waals surface area contributed by atoms with Gasteiger partial charge in [0.1, 0.15) is 5.00 Å². The fourth-order valence-electron chi connectivity index (χ4n) is 2.80. The highest BCUT2D eigenvalue weighted by Crippen LogP contribution is 2.33. The number of ether oxygens (including phenoxy) is 1. The zero-order valence-electron chi connectivity index (χ0n) is 15.3. The number of nitrogens with one attached hydrogen (secondary N) is 1. The molecule has 1 N–H and O–H groups in total. The van der Waals surface area contributed by atoms with Crippen LogP contribution in [0.15, 0.2) is 29.4 Å². The van der Waals surface area contributed by atoms with Gasteiger partial charge in [-0.3, -0.25) is 9.20 Å². The number of esters is 1. The van der Waals surface area contributed by atoms with Gasteiger partial charge < -0.3 is 10.1 Å². The number of thiophene rings is 1. The number of carbonyl (C=O) groups excluding carboxylic acids is 2. The molecule has 1 amide bonds. The number of aryl methyl sites for hydroxylation is 1. The number of rotatable bonds is 5. The van der Waals surface area contributed by atoms with E-state index >= 15 is 0 Å². The molecule has 4 aromatic rings. The molecule has 0 spiro atoms. The zero-order valence-corrected chi connectivity index (χ0v) is 17.8. The summed E-state index contributed by atoms with van der Waals surface area (Å²) in [6, 6.07) is 7.99. The predicted molar refractivity (Wildman–Crippen MR) is 113 cm³/mol. The smallest absolute Gasteiger partial charge is 0.341 e. The number of thiazole rings is 1. The van der Waals surface area contributed by atoms with E-state index in [0.29, 0.717) is 15.7 Å². The van der Waals surface area contributed by atoms with Crippen LogP contribution in [0.2, 0.25) is 0 Å². The van der Waals surface area contributed by atoms with Crippen molar-refractivity contribution in [1.82, 2.24) is 14.6 Å². The fourth-order valence-corrected chi connectivity index (χ4v) is 5.64. The van der Waals surface area contributed by atoms with Crippen molar-refractivity contribution in [1.29, 1.82) is 0 Å². The monoisotopic (exact) mass is 432 g/mol. The lowest BCUT2D eigenvalue weighted by Gasteiger charge is -2.05. The van der Waals surface area contributed by atoms with E-state index in [0.717, 1.165) is 25.6 Å². The molecule has 0 radical (unpaired) electrons. The molecule has 0 fully saturated rings. The van der Waals surface area contributed by atoms with Crippen LogP contribution in [0.3, 0.4) is 0 Å². The Hall–Kier alpha value is -2.43. The van der Waals surface area contributed by atoms with Crippen LogP contribution in [0.5, 0.6) is 0 Å². The largest absolute Gasteiger partial charge is 0.465 e. The molecular weight excluding hydrogens is 416 g/mol. The third kappa shape index (κ3) is 3.27. The van der Waals surface area contributed by atoms with Gasteiger partial charge in [-0.1, -0.05) is 35.2 Å². The van der Waals surface area contributed by atoms with Gasteiger partial charge in [0.15, 0.2) is 5.16 Å². The van der Waals surface area contributed by atoms with Crippen LogP contribution in [0.25, 0.3) is 15.2 Å². The van der Waals surface area contributed by atoms with E-state index in [1.807, 2.05) is 42.5 Å². The summed E-state index contributed by atoms with van der Waals surface area (Å²) in [4.78, 5) is 26.3. The number of fused-ring (bicyclic) bond motifs is 3.